The molecule has 2 N–H and O–H groups in total. The predicted molar refractivity (Wildman–Crippen MR) is 77.3 cm³/mol. The molecular formula is C15H22N2O4. The summed E-state index contributed by atoms with van der Waals surface area (Å²) in [5.74, 6) is 0.642. The van der Waals surface area contributed by atoms with E-state index in [2.05, 4.69) is 0 Å². The summed E-state index contributed by atoms with van der Waals surface area (Å²) in [6, 6.07) is 8.65. The van der Waals surface area contributed by atoms with Gasteiger partial charge in [0.25, 0.3) is 0 Å². The number of ether oxygens (including phenoxy) is 1. The maximum absolute atomic E-state index is 12.0. The van der Waals surface area contributed by atoms with Gasteiger partial charge in [-0.1, -0.05) is 18.2 Å². The molecule has 1 aromatic rings. The van der Waals surface area contributed by atoms with E-state index < -0.39 is 12.1 Å². The Balaban J connectivity index is 1.73. The SMILES string of the molecule is O=C(N(O)C[C@@H](O)COc1ccccc1)N1CCCCC1. The smallest absolute Gasteiger partial charge is 0.343 e. The van der Waals surface area contributed by atoms with E-state index in [4.69, 9.17) is 4.74 Å². The van der Waals surface area contributed by atoms with E-state index >= 15 is 0 Å². The van der Waals surface area contributed by atoms with E-state index in [-0.39, 0.29) is 13.2 Å². The van der Waals surface area contributed by atoms with Crippen LogP contribution < -0.4 is 4.74 Å². The van der Waals surface area contributed by atoms with Gasteiger partial charge in [-0.2, -0.15) is 0 Å². The first-order valence-corrected chi connectivity index (χ1v) is 7.28. The van der Waals surface area contributed by atoms with Crippen molar-refractivity contribution < 1.29 is 19.8 Å². The highest BCUT2D eigenvalue weighted by Crippen LogP contribution is 2.11. The lowest BCUT2D eigenvalue weighted by Crippen LogP contribution is -2.47. The molecular weight excluding hydrogens is 272 g/mol. The van der Waals surface area contributed by atoms with Crippen LogP contribution in [0.25, 0.3) is 0 Å². The van der Waals surface area contributed by atoms with Crippen molar-refractivity contribution in [1.82, 2.24) is 9.96 Å². The fourth-order valence-electron chi connectivity index (χ4n) is 2.29. The van der Waals surface area contributed by atoms with Crippen molar-refractivity contribution in [2.45, 2.75) is 25.4 Å². The number of hydrogen-bond acceptors (Lipinski definition) is 4. The van der Waals surface area contributed by atoms with E-state index in [1.54, 1.807) is 17.0 Å². The summed E-state index contributed by atoms with van der Waals surface area (Å²) < 4.78 is 5.38. The van der Waals surface area contributed by atoms with Crippen LogP contribution in [0.1, 0.15) is 19.3 Å². The van der Waals surface area contributed by atoms with E-state index in [1.807, 2.05) is 18.2 Å². The molecule has 2 amide bonds. The quantitative estimate of drug-likeness (QED) is 0.640. The number of carbonyl (C=O) groups is 1. The Morgan fingerprint density at radius 2 is 1.90 bits per heavy atom. The number of carbonyl (C=O) groups excluding carboxylic acids is 1. The van der Waals surface area contributed by atoms with Crippen LogP contribution in [-0.4, -0.2) is 58.7 Å². The minimum Gasteiger partial charge on any atom is -0.491 e. The van der Waals surface area contributed by atoms with Gasteiger partial charge in [0, 0.05) is 13.1 Å². The Hall–Kier alpha value is -1.79. The average Bonchev–Trinajstić information content (AvgIpc) is 2.54. The number of nitrogens with zero attached hydrogens (tertiary/aromatic N) is 2. The van der Waals surface area contributed by atoms with Crippen molar-refractivity contribution in [2.75, 3.05) is 26.2 Å². The average molecular weight is 294 g/mol. The van der Waals surface area contributed by atoms with Gasteiger partial charge in [0.05, 0.1) is 6.54 Å². The normalized spacial score (nSPS) is 16.4. The van der Waals surface area contributed by atoms with Crippen LogP contribution in [0.4, 0.5) is 4.79 Å². The number of para-hydroxylation sites is 1. The molecule has 6 heteroatoms. The summed E-state index contributed by atoms with van der Waals surface area (Å²) in [5, 5.41) is 20.2. The lowest BCUT2D eigenvalue weighted by Gasteiger charge is -2.30. The third kappa shape index (κ3) is 4.91. The van der Waals surface area contributed by atoms with Crippen LogP contribution >= 0.6 is 0 Å². The van der Waals surface area contributed by atoms with Crippen LogP contribution in [0, 0.1) is 0 Å². The Morgan fingerprint density at radius 1 is 1.24 bits per heavy atom. The number of aliphatic hydroxyl groups is 1. The maximum Gasteiger partial charge on any atom is 0.343 e. The van der Waals surface area contributed by atoms with Gasteiger partial charge in [-0.25, -0.2) is 9.86 Å². The summed E-state index contributed by atoms with van der Waals surface area (Å²) in [7, 11) is 0. The highest BCUT2D eigenvalue weighted by atomic mass is 16.5. The summed E-state index contributed by atoms with van der Waals surface area (Å²) in [5.41, 5.74) is 0. The van der Waals surface area contributed by atoms with Crippen molar-refractivity contribution in [3.8, 4) is 5.75 Å². The highest BCUT2D eigenvalue weighted by Gasteiger charge is 2.23. The minimum absolute atomic E-state index is 0.0222. The molecule has 1 fully saturated rings. The van der Waals surface area contributed by atoms with Crippen LogP contribution in [0.5, 0.6) is 5.75 Å². The number of aliphatic hydroxyl groups excluding tert-OH is 1. The molecule has 2 rings (SSSR count). The number of rotatable bonds is 5. The first-order valence-electron chi connectivity index (χ1n) is 7.28. The third-order valence-corrected chi connectivity index (χ3v) is 3.42. The maximum atomic E-state index is 12.0. The molecule has 21 heavy (non-hydrogen) atoms. The molecule has 0 aromatic heterocycles. The Morgan fingerprint density at radius 3 is 2.57 bits per heavy atom. The second kappa shape index (κ2) is 7.85. The van der Waals surface area contributed by atoms with Crippen molar-refractivity contribution >= 4 is 6.03 Å². The summed E-state index contributed by atoms with van der Waals surface area (Å²) in [4.78, 5) is 13.6. The molecule has 1 atom stereocenters. The first-order chi connectivity index (χ1) is 10.2. The summed E-state index contributed by atoms with van der Waals surface area (Å²) in [6.45, 7) is 1.18. The van der Waals surface area contributed by atoms with Gasteiger partial charge in [0.15, 0.2) is 0 Å². The van der Waals surface area contributed by atoms with Gasteiger partial charge >= 0.3 is 6.03 Å². The number of urea groups is 1. The molecule has 116 valence electrons. The van der Waals surface area contributed by atoms with Crippen LogP contribution in [0.2, 0.25) is 0 Å². The molecule has 0 saturated carbocycles. The van der Waals surface area contributed by atoms with Crippen LogP contribution in [-0.2, 0) is 0 Å². The molecule has 0 aliphatic carbocycles. The Kier molecular flexibility index (Phi) is 5.83. The van der Waals surface area contributed by atoms with E-state index in [0.717, 1.165) is 19.3 Å². The zero-order valence-electron chi connectivity index (χ0n) is 12.0. The van der Waals surface area contributed by atoms with Gasteiger partial charge in [-0.15, -0.1) is 0 Å². The topological polar surface area (TPSA) is 73.2 Å². The van der Waals surface area contributed by atoms with Crippen molar-refractivity contribution in [1.29, 1.82) is 0 Å². The van der Waals surface area contributed by atoms with Crippen LogP contribution in [0.15, 0.2) is 30.3 Å². The largest absolute Gasteiger partial charge is 0.491 e. The molecule has 1 heterocycles. The van der Waals surface area contributed by atoms with Gasteiger partial charge in [-0.3, -0.25) is 5.21 Å². The van der Waals surface area contributed by atoms with Crippen molar-refractivity contribution in [2.24, 2.45) is 0 Å². The van der Waals surface area contributed by atoms with E-state index in [0.29, 0.717) is 23.9 Å². The molecule has 1 saturated heterocycles. The number of hydroxylamine groups is 2. The second-order valence-corrected chi connectivity index (χ2v) is 5.19. The van der Waals surface area contributed by atoms with Gasteiger partial charge in [0.1, 0.15) is 18.5 Å². The van der Waals surface area contributed by atoms with Crippen molar-refractivity contribution in [3.63, 3.8) is 0 Å². The highest BCUT2D eigenvalue weighted by molar-refractivity contribution is 5.73. The molecule has 0 unspecified atom stereocenters. The number of hydrogen-bond donors (Lipinski definition) is 2. The lowest BCUT2D eigenvalue weighted by molar-refractivity contribution is -0.0859. The Labute approximate surface area is 124 Å². The molecule has 6 nitrogen and oxygen atoms in total. The molecule has 0 spiro atoms. The lowest BCUT2D eigenvalue weighted by atomic mass is 10.1. The number of piperidine rings is 1. The Bertz CT molecular complexity index is 435. The van der Waals surface area contributed by atoms with Gasteiger partial charge in [0.2, 0.25) is 0 Å². The monoisotopic (exact) mass is 294 g/mol. The van der Waals surface area contributed by atoms with Crippen molar-refractivity contribution in [3.05, 3.63) is 30.3 Å². The van der Waals surface area contributed by atoms with E-state index in [1.165, 1.54) is 0 Å². The predicted octanol–water partition coefficient (Wildman–Crippen LogP) is 1.72. The molecule has 0 bridgehead atoms. The van der Waals surface area contributed by atoms with E-state index in [9.17, 15) is 15.1 Å². The first kappa shape index (κ1) is 15.6. The zero-order chi connectivity index (χ0) is 15.1. The van der Waals surface area contributed by atoms with Gasteiger partial charge < -0.3 is 14.7 Å². The zero-order valence-corrected chi connectivity index (χ0v) is 12.0. The molecule has 1 aliphatic rings. The summed E-state index contributed by atoms with van der Waals surface area (Å²) >= 11 is 0. The number of likely N-dealkylation sites (tertiary alicyclic amines) is 1. The molecule has 0 radical (unpaired) electrons. The minimum atomic E-state index is -0.941. The number of amides is 2. The molecule has 1 aliphatic heterocycles. The fraction of sp³-hybridized carbons (Fsp3) is 0.533. The third-order valence-electron chi connectivity index (χ3n) is 3.42. The van der Waals surface area contributed by atoms with Crippen LogP contribution in [0.3, 0.4) is 0 Å². The summed E-state index contributed by atoms with van der Waals surface area (Å²) in [6.07, 6.45) is 2.09. The number of benzene rings is 1. The standard InChI is InChI=1S/C15H22N2O4/c18-13(12-21-14-7-3-1-4-8-14)11-17(20)15(19)16-9-5-2-6-10-16/h1,3-4,7-8,13,18,20H,2,5-6,9-12H2/t13-/m1/s1. The fourth-order valence-corrected chi connectivity index (χ4v) is 2.29. The second-order valence-electron chi connectivity index (χ2n) is 5.19. The molecule has 1 aromatic carbocycles. The van der Waals surface area contributed by atoms with Gasteiger partial charge in [-0.05, 0) is 31.4 Å².